The van der Waals surface area contributed by atoms with Gasteiger partial charge < -0.3 is 14.8 Å². The summed E-state index contributed by atoms with van der Waals surface area (Å²) < 4.78 is 23.9. The summed E-state index contributed by atoms with van der Waals surface area (Å²) in [5.41, 5.74) is 1.85. The van der Waals surface area contributed by atoms with Crippen LogP contribution in [0.3, 0.4) is 0 Å². The Kier molecular flexibility index (Phi) is 5.53. The molecule has 0 bridgehead atoms. The Balaban J connectivity index is 1.77. The maximum atomic E-state index is 13.3. The van der Waals surface area contributed by atoms with Crippen molar-refractivity contribution in [3.05, 3.63) is 59.4 Å². The average Bonchev–Trinajstić information content (AvgIpc) is 3.01. The largest absolute Gasteiger partial charge is 0.493 e. The maximum Gasteiger partial charge on any atom is 0.338 e. The van der Waals surface area contributed by atoms with Crippen molar-refractivity contribution in [2.75, 3.05) is 14.2 Å². The number of halogens is 1. The van der Waals surface area contributed by atoms with Crippen LogP contribution in [0.2, 0.25) is 0 Å². The number of urea groups is 1. The number of benzene rings is 2. The Labute approximate surface area is 163 Å². The second kappa shape index (κ2) is 7.88. The Morgan fingerprint density at radius 2 is 1.93 bits per heavy atom. The van der Waals surface area contributed by atoms with Gasteiger partial charge in [0.1, 0.15) is 5.82 Å². The Bertz CT molecular complexity index is 912. The van der Waals surface area contributed by atoms with Crippen LogP contribution in [0.1, 0.15) is 31.4 Å². The lowest BCUT2D eigenvalue weighted by molar-refractivity contribution is 0.153. The van der Waals surface area contributed by atoms with E-state index >= 15 is 0 Å². The van der Waals surface area contributed by atoms with Crippen molar-refractivity contribution in [1.29, 1.82) is 0 Å². The predicted octanol–water partition coefficient (Wildman–Crippen LogP) is 3.94. The van der Waals surface area contributed by atoms with Gasteiger partial charge in [-0.2, -0.15) is 5.10 Å². The van der Waals surface area contributed by atoms with Gasteiger partial charge >= 0.3 is 6.03 Å². The van der Waals surface area contributed by atoms with Gasteiger partial charge in [-0.25, -0.2) is 14.2 Å². The molecule has 28 heavy (non-hydrogen) atoms. The third-order valence-electron chi connectivity index (χ3n) is 4.64. The minimum Gasteiger partial charge on any atom is -0.493 e. The van der Waals surface area contributed by atoms with Crippen molar-refractivity contribution in [3.63, 3.8) is 0 Å². The summed E-state index contributed by atoms with van der Waals surface area (Å²) >= 11 is 0. The van der Waals surface area contributed by atoms with Crippen LogP contribution in [0, 0.1) is 5.82 Å². The number of nitrogens with one attached hydrogen (secondary N) is 1. The first-order valence-electron chi connectivity index (χ1n) is 8.96. The molecule has 0 unspecified atom stereocenters. The van der Waals surface area contributed by atoms with E-state index in [4.69, 9.17) is 9.47 Å². The molecule has 1 N–H and O–H groups in total. The highest BCUT2D eigenvalue weighted by molar-refractivity contribution is 6.04. The van der Waals surface area contributed by atoms with E-state index in [0.29, 0.717) is 23.5 Å². The van der Waals surface area contributed by atoms with Gasteiger partial charge in [-0.15, -0.1) is 0 Å². The fourth-order valence-electron chi connectivity index (χ4n) is 3.17. The van der Waals surface area contributed by atoms with E-state index in [0.717, 1.165) is 11.3 Å². The van der Waals surface area contributed by atoms with Crippen LogP contribution < -0.4 is 14.8 Å². The first-order valence-corrected chi connectivity index (χ1v) is 8.96. The summed E-state index contributed by atoms with van der Waals surface area (Å²) in [5.74, 6) is 0.908. The van der Waals surface area contributed by atoms with Crippen molar-refractivity contribution < 1.29 is 18.7 Å². The molecule has 2 amide bonds. The van der Waals surface area contributed by atoms with Gasteiger partial charge in [-0.05, 0) is 49.7 Å². The van der Waals surface area contributed by atoms with Gasteiger partial charge in [0.15, 0.2) is 11.5 Å². The Morgan fingerprint density at radius 3 is 2.61 bits per heavy atom. The molecule has 0 saturated heterocycles. The van der Waals surface area contributed by atoms with E-state index in [-0.39, 0.29) is 18.4 Å². The van der Waals surface area contributed by atoms with Crippen molar-refractivity contribution >= 4 is 11.7 Å². The van der Waals surface area contributed by atoms with Crippen molar-refractivity contribution in [1.82, 2.24) is 10.3 Å². The van der Waals surface area contributed by atoms with Crippen LogP contribution in [-0.2, 0) is 6.54 Å². The van der Waals surface area contributed by atoms with Gasteiger partial charge in [0.25, 0.3) is 0 Å². The summed E-state index contributed by atoms with van der Waals surface area (Å²) in [6.07, 6.45) is 0.593. The molecule has 2 aromatic carbocycles. The molecular weight excluding hydrogens is 361 g/mol. The lowest BCUT2D eigenvalue weighted by atomic mass is 9.95. The first kappa shape index (κ1) is 19.7. The van der Waals surface area contributed by atoms with Crippen molar-refractivity contribution in [2.24, 2.45) is 5.10 Å². The molecule has 2 aromatic rings. The minimum atomic E-state index is -0.492. The standard InChI is InChI=1S/C21H24FN3O3/c1-21(2)12-17(15-8-9-18(27-3)19(11-15)28-4)24-25(21)20(26)23-13-14-6-5-7-16(22)10-14/h5-11H,12-13H2,1-4H3,(H,23,26). The molecule has 0 aliphatic carbocycles. The third kappa shape index (κ3) is 4.08. The fraction of sp³-hybridized carbons (Fsp3) is 0.333. The SMILES string of the molecule is COc1ccc(C2=NN(C(=O)NCc3cccc(F)c3)C(C)(C)C2)cc1OC. The minimum absolute atomic E-state index is 0.227. The zero-order valence-corrected chi connectivity index (χ0v) is 16.5. The van der Waals surface area contributed by atoms with Gasteiger partial charge in [-0.1, -0.05) is 12.1 Å². The number of ether oxygens (including phenoxy) is 2. The highest BCUT2D eigenvalue weighted by atomic mass is 19.1. The molecule has 0 aromatic heterocycles. The number of methoxy groups -OCH3 is 2. The predicted molar refractivity (Wildman–Crippen MR) is 105 cm³/mol. The third-order valence-corrected chi connectivity index (χ3v) is 4.64. The van der Waals surface area contributed by atoms with Crippen LogP contribution in [0.5, 0.6) is 11.5 Å². The number of rotatable bonds is 5. The summed E-state index contributed by atoms with van der Waals surface area (Å²) in [7, 11) is 3.16. The van der Waals surface area contributed by atoms with Crippen molar-refractivity contribution in [2.45, 2.75) is 32.4 Å². The molecule has 7 heteroatoms. The zero-order chi connectivity index (χ0) is 20.3. The second-order valence-corrected chi connectivity index (χ2v) is 7.21. The van der Waals surface area contributed by atoms with Crippen LogP contribution >= 0.6 is 0 Å². The fourth-order valence-corrected chi connectivity index (χ4v) is 3.17. The summed E-state index contributed by atoms with van der Waals surface area (Å²) in [6, 6.07) is 11.4. The highest BCUT2D eigenvalue weighted by Crippen LogP contribution is 2.33. The van der Waals surface area contributed by atoms with E-state index in [1.54, 1.807) is 26.4 Å². The number of nitrogens with zero attached hydrogens (tertiary/aromatic N) is 2. The number of hydrogen-bond donors (Lipinski definition) is 1. The van der Waals surface area contributed by atoms with E-state index in [1.165, 1.54) is 17.1 Å². The number of carbonyl (C=O) groups excluding carboxylic acids is 1. The molecule has 0 saturated carbocycles. The number of amides is 2. The monoisotopic (exact) mass is 385 g/mol. The number of carbonyl (C=O) groups is 1. The van der Waals surface area contributed by atoms with Crippen LogP contribution in [-0.4, -0.2) is 36.5 Å². The van der Waals surface area contributed by atoms with Gasteiger partial charge in [0.2, 0.25) is 0 Å². The first-order chi connectivity index (χ1) is 13.3. The van der Waals surface area contributed by atoms with Crippen LogP contribution in [0.25, 0.3) is 0 Å². The van der Waals surface area contributed by atoms with Crippen LogP contribution in [0.4, 0.5) is 9.18 Å². The second-order valence-electron chi connectivity index (χ2n) is 7.21. The summed E-state index contributed by atoms with van der Waals surface area (Å²) in [5, 5.41) is 8.79. The average molecular weight is 385 g/mol. The smallest absolute Gasteiger partial charge is 0.338 e. The summed E-state index contributed by atoms with van der Waals surface area (Å²) in [6.45, 7) is 4.13. The number of hydrogen-bond acceptors (Lipinski definition) is 4. The van der Waals surface area contributed by atoms with E-state index in [2.05, 4.69) is 10.4 Å². The molecule has 3 rings (SSSR count). The maximum absolute atomic E-state index is 13.3. The van der Waals surface area contributed by atoms with Gasteiger partial charge in [0.05, 0.1) is 25.5 Å². The van der Waals surface area contributed by atoms with Gasteiger partial charge in [0, 0.05) is 18.5 Å². The van der Waals surface area contributed by atoms with E-state index < -0.39 is 5.54 Å². The van der Waals surface area contributed by atoms with Gasteiger partial charge in [-0.3, -0.25) is 0 Å². The van der Waals surface area contributed by atoms with Crippen LogP contribution in [0.15, 0.2) is 47.6 Å². The van der Waals surface area contributed by atoms with E-state index in [1.807, 2.05) is 32.0 Å². The Hall–Kier alpha value is -3.09. The highest BCUT2D eigenvalue weighted by Gasteiger charge is 2.38. The molecule has 0 fully saturated rings. The molecule has 0 atom stereocenters. The van der Waals surface area contributed by atoms with E-state index in [9.17, 15) is 9.18 Å². The molecule has 0 radical (unpaired) electrons. The molecule has 1 aliphatic rings. The molecule has 0 spiro atoms. The summed E-state index contributed by atoms with van der Waals surface area (Å²) in [4.78, 5) is 12.7. The Morgan fingerprint density at radius 1 is 1.18 bits per heavy atom. The topological polar surface area (TPSA) is 63.2 Å². The molecule has 148 valence electrons. The molecule has 1 aliphatic heterocycles. The van der Waals surface area contributed by atoms with Crippen molar-refractivity contribution in [3.8, 4) is 11.5 Å². The molecular formula is C21H24FN3O3. The lowest BCUT2D eigenvalue weighted by Crippen LogP contribution is -2.46. The lowest BCUT2D eigenvalue weighted by Gasteiger charge is -2.28. The number of hydrazone groups is 1. The quantitative estimate of drug-likeness (QED) is 0.848. The molecule has 6 nitrogen and oxygen atoms in total. The zero-order valence-electron chi connectivity index (χ0n) is 16.5. The molecule has 1 heterocycles. The normalized spacial score (nSPS) is 15.2.